The number of Topliss-reactive ketones (excluding diaryl/α,β-unsaturated/α-hetero) is 2. The van der Waals surface area contributed by atoms with E-state index in [1.54, 1.807) is 18.2 Å². The van der Waals surface area contributed by atoms with E-state index in [1.807, 2.05) is 18.2 Å². The number of rotatable bonds is 5. The van der Waals surface area contributed by atoms with Gasteiger partial charge in [0.15, 0.2) is 23.1 Å². The van der Waals surface area contributed by atoms with Crippen molar-refractivity contribution >= 4 is 43.4 Å². The van der Waals surface area contributed by atoms with Crippen LogP contribution in [0.25, 0.3) is 11.1 Å². The lowest BCUT2D eigenvalue weighted by Crippen LogP contribution is -2.18. The molecule has 1 aliphatic rings. The van der Waals surface area contributed by atoms with Crippen LogP contribution in [0.2, 0.25) is 0 Å². The Hall–Kier alpha value is -1.66. The number of hydrogen-bond acceptors (Lipinski definition) is 4. The zero-order valence-corrected chi connectivity index (χ0v) is 15.9. The lowest BCUT2D eigenvalue weighted by atomic mass is 9.98. The first-order chi connectivity index (χ1) is 11.7. The predicted octanol–water partition coefficient (Wildman–Crippen LogP) is 4.28. The van der Waals surface area contributed by atoms with Crippen LogP contribution < -0.4 is 9.47 Å². The van der Waals surface area contributed by atoms with Gasteiger partial charge in [0.05, 0.1) is 16.2 Å². The molecule has 0 fully saturated rings. The summed E-state index contributed by atoms with van der Waals surface area (Å²) in [7, 11) is 0. The number of halogens is 2. The summed E-state index contributed by atoms with van der Waals surface area (Å²) in [6.45, 7) is 0.851. The second-order valence-corrected chi connectivity index (χ2v) is 6.33. The first-order valence-corrected chi connectivity index (χ1v) is 9.61. The summed E-state index contributed by atoms with van der Waals surface area (Å²) in [4.78, 5) is 23.8. The first-order valence-electron chi connectivity index (χ1n) is 7.37. The summed E-state index contributed by atoms with van der Waals surface area (Å²) in [6.07, 6.45) is 0. The molecule has 0 bridgehead atoms. The molecule has 0 N–H and O–H groups in total. The number of fused-ring (bicyclic) bond motifs is 1. The van der Waals surface area contributed by atoms with Crippen LogP contribution in [0.5, 0.6) is 11.5 Å². The Morgan fingerprint density at radius 1 is 0.833 bits per heavy atom. The summed E-state index contributed by atoms with van der Waals surface area (Å²) < 4.78 is 11.5. The van der Waals surface area contributed by atoms with Gasteiger partial charge < -0.3 is 9.47 Å². The zero-order chi connectivity index (χ0) is 17.1. The summed E-state index contributed by atoms with van der Waals surface area (Å²) >= 11 is 6.36. The van der Waals surface area contributed by atoms with Gasteiger partial charge in [0, 0.05) is 11.1 Å². The average Bonchev–Trinajstić information content (AvgIpc) is 2.66. The van der Waals surface area contributed by atoms with E-state index in [0.717, 1.165) is 11.1 Å². The third-order valence-electron chi connectivity index (χ3n) is 3.75. The van der Waals surface area contributed by atoms with E-state index in [1.165, 1.54) is 0 Å². The fraction of sp³-hybridized carbons (Fsp3) is 0.222. The Labute approximate surface area is 156 Å². The van der Waals surface area contributed by atoms with Crippen molar-refractivity contribution in [1.82, 2.24) is 0 Å². The fourth-order valence-electron chi connectivity index (χ4n) is 2.57. The van der Waals surface area contributed by atoms with Crippen molar-refractivity contribution in [3.05, 3.63) is 47.5 Å². The van der Waals surface area contributed by atoms with Crippen LogP contribution in [-0.4, -0.2) is 35.4 Å². The maximum Gasteiger partial charge on any atom is 0.177 e. The van der Waals surface area contributed by atoms with Gasteiger partial charge >= 0.3 is 0 Å². The number of ketones is 2. The van der Waals surface area contributed by atoms with Crippen LogP contribution in [0.4, 0.5) is 0 Å². The maximum atomic E-state index is 12.1. The smallest absolute Gasteiger partial charge is 0.177 e. The summed E-state index contributed by atoms with van der Waals surface area (Å²) in [5, 5.41) is 0.521. The van der Waals surface area contributed by atoms with E-state index in [4.69, 9.17) is 9.47 Å². The minimum absolute atomic E-state index is 0.0291. The molecule has 0 aliphatic carbocycles. The number of benzene rings is 2. The average molecular weight is 454 g/mol. The van der Waals surface area contributed by atoms with Gasteiger partial charge in [0.25, 0.3) is 0 Å². The minimum Gasteiger partial charge on any atom is -0.485 e. The van der Waals surface area contributed by atoms with E-state index in [2.05, 4.69) is 31.9 Å². The highest BCUT2D eigenvalue weighted by Gasteiger charge is 2.24. The Kier molecular flexibility index (Phi) is 5.36. The van der Waals surface area contributed by atoms with Crippen LogP contribution in [0, 0.1) is 0 Å². The Morgan fingerprint density at radius 2 is 1.46 bits per heavy atom. The monoisotopic (exact) mass is 452 g/mol. The lowest BCUT2D eigenvalue weighted by Gasteiger charge is -2.23. The van der Waals surface area contributed by atoms with Gasteiger partial charge in [-0.15, -0.1) is 0 Å². The number of carbonyl (C=O) groups excluding carboxylic acids is 2. The van der Waals surface area contributed by atoms with Gasteiger partial charge in [-0.2, -0.15) is 0 Å². The summed E-state index contributed by atoms with van der Waals surface area (Å²) in [5.41, 5.74) is 2.90. The summed E-state index contributed by atoms with van der Waals surface area (Å²) in [5.74, 6) is 1.04. The Balaban J connectivity index is 2.05. The molecule has 2 aromatic carbocycles. The van der Waals surface area contributed by atoms with Crippen molar-refractivity contribution in [3.63, 3.8) is 0 Å². The van der Waals surface area contributed by atoms with Crippen molar-refractivity contribution in [3.8, 4) is 22.6 Å². The number of carbonyl (C=O) groups is 2. The maximum absolute atomic E-state index is 12.1. The third-order valence-corrected chi connectivity index (χ3v) is 4.77. The molecule has 124 valence electrons. The molecule has 24 heavy (non-hydrogen) atoms. The highest BCUT2D eigenvalue weighted by atomic mass is 79.9. The molecule has 0 atom stereocenters. The van der Waals surface area contributed by atoms with Gasteiger partial charge in [-0.1, -0.05) is 56.1 Å². The number of alkyl halides is 2. The van der Waals surface area contributed by atoms with Crippen molar-refractivity contribution in [2.75, 3.05) is 23.9 Å². The van der Waals surface area contributed by atoms with Crippen molar-refractivity contribution in [2.24, 2.45) is 0 Å². The molecule has 4 nitrogen and oxygen atoms in total. The van der Waals surface area contributed by atoms with E-state index >= 15 is 0 Å². The SMILES string of the molecule is O=C(CBr)c1ccc(-c2ccc(C(=O)CBr)c3c2OCCO3)cc1. The first kappa shape index (κ1) is 17.2. The van der Waals surface area contributed by atoms with Crippen LogP contribution in [0.1, 0.15) is 20.7 Å². The molecule has 6 heteroatoms. The molecule has 0 aromatic heterocycles. The number of hydrogen-bond donors (Lipinski definition) is 0. The minimum atomic E-state index is -0.0541. The topological polar surface area (TPSA) is 52.6 Å². The molecule has 0 saturated heterocycles. The van der Waals surface area contributed by atoms with Crippen LogP contribution in [0.15, 0.2) is 36.4 Å². The number of ether oxygens (including phenoxy) is 2. The molecule has 1 aliphatic heterocycles. The predicted molar refractivity (Wildman–Crippen MR) is 99.1 cm³/mol. The van der Waals surface area contributed by atoms with Crippen LogP contribution >= 0.6 is 31.9 Å². The molecule has 0 spiro atoms. The highest BCUT2D eigenvalue weighted by Crippen LogP contribution is 2.42. The fourth-order valence-corrected chi connectivity index (χ4v) is 3.19. The van der Waals surface area contributed by atoms with E-state index in [9.17, 15) is 9.59 Å². The van der Waals surface area contributed by atoms with Gasteiger partial charge in [0.2, 0.25) is 0 Å². The quantitative estimate of drug-likeness (QED) is 0.500. The largest absolute Gasteiger partial charge is 0.485 e. The summed E-state index contributed by atoms with van der Waals surface area (Å²) in [6, 6.07) is 10.9. The van der Waals surface area contributed by atoms with Gasteiger partial charge in [-0.3, -0.25) is 9.59 Å². The standard InChI is InChI=1S/C18H14Br2O4/c19-9-15(21)12-3-1-11(2-4-12)13-5-6-14(16(22)10-20)18-17(13)23-7-8-24-18/h1-6H,7-10H2. The molecule has 0 unspecified atom stereocenters. The highest BCUT2D eigenvalue weighted by molar-refractivity contribution is 9.09. The van der Waals surface area contributed by atoms with E-state index < -0.39 is 0 Å². The van der Waals surface area contributed by atoms with Gasteiger partial charge in [0.1, 0.15) is 13.2 Å². The molecule has 0 radical (unpaired) electrons. The van der Waals surface area contributed by atoms with E-state index in [-0.39, 0.29) is 16.9 Å². The van der Waals surface area contributed by atoms with Gasteiger partial charge in [-0.25, -0.2) is 0 Å². The molecule has 3 rings (SSSR count). The zero-order valence-electron chi connectivity index (χ0n) is 12.7. The Morgan fingerprint density at radius 3 is 2.08 bits per heavy atom. The van der Waals surface area contributed by atoms with E-state index in [0.29, 0.717) is 41.2 Å². The molecular formula is C18H14Br2O4. The molecule has 2 aromatic rings. The lowest BCUT2D eigenvalue weighted by molar-refractivity contribution is 0.100. The molecular weight excluding hydrogens is 440 g/mol. The van der Waals surface area contributed by atoms with Crippen molar-refractivity contribution < 1.29 is 19.1 Å². The van der Waals surface area contributed by atoms with Crippen molar-refractivity contribution in [2.45, 2.75) is 0 Å². The normalized spacial score (nSPS) is 12.8. The van der Waals surface area contributed by atoms with Crippen LogP contribution in [0.3, 0.4) is 0 Å². The Bertz CT molecular complexity index is 784. The second kappa shape index (κ2) is 7.49. The molecule has 0 saturated carbocycles. The van der Waals surface area contributed by atoms with Crippen LogP contribution in [-0.2, 0) is 0 Å². The van der Waals surface area contributed by atoms with Gasteiger partial charge in [-0.05, 0) is 17.7 Å². The third kappa shape index (κ3) is 3.26. The molecule has 0 amide bonds. The molecule has 1 heterocycles. The van der Waals surface area contributed by atoms with Crippen molar-refractivity contribution in [1.29, 1.82) is 0 Å². The second-order valence-electron chi connectivity index (χ2n) is 5.21.